The summed E-state index contributed by atoms with van der Waals surface area (Å²) < 4.78 is 0. The minimum absolute atomic E-state index is 0.674. The van der Waals surface area contributed by atoms with Crippen molar-refractivity contribution in [1.82, 2.24) is 5.32 Å². The molecule has 0 aliphatic heterocycles. The first-order valence-corrected chi connectivity index (χ1v) is 8.37. The van der Waals surface area contributed by atoms with Crippen molar-refractivity contribution >= 4 is 0 Å². The zero-order valence-electron chi connectivity index (χ0n) is 13.7. The fourth-order valence-electron chi connectivity index (χ4n) is 3.54. The van der Waals surface area contributed by atoms with Gasteiger partial charge in [-0.05, 0) is 55.1 Å². The van der Waals surface area contributed by atoms with Gasteiger partial charge in [-0.25, -0.2) is 0 Å². The first kappa shape index (κ1) is 15.6. The van der Waals surface area contributed by atoms with E-state index in [-0.39, 0.29) is 0 Å². The fourth-order valence-corrected chi connectivity index (χ4v) is 3.54. The number of benzene rings is 1. The van der Waals surface area contributed by atoms with Crippen LogP contribution in [0.4, 0.5) is 0 Å². The Balaban J connectivity index is 1.94. The van der Waals surface area contributed by atoms with Gasteiger partial charge >= 0.3 is 0 Å². The van der Waals surface area contributed by atoms with Crippen LogP contribution in [-0.4, -0.2) is 12.1 Å². The molecule has 1 atom stereocenters. The molecule has 0 radical (unpaired) electrons. The maximum absolute atomic E-state index is 3.96. The highest BCUT2D eigenvalue weighted by molar-refractivity contribution is 5.30. The van der Waals surface area contributed by atoms with E-state index in [1.54, 1.807) is 11.1 Å². The van der Waals surface area contributed by atoms with Crippen LogP contribution < -0.4 is 5.32 Å². The molecule has 0 saturated heterocycles. The maximum atomic E-state index is 3.96. The van der Waals surface area contributed by atoms with E-state index < -0.39 is 0 Å². The first-order valence-electron chi connectivity index (χ1n) is 8.37. The molecule has 1 N–H and O–H groups in total. The molecule has 0 bridgehead atoms. The number of hydrogen-bond acceptors (Lipinski definition) is 1. The highest BCUT2D eigenvalue weighted by Gasteiger charge is 2.22. The van der Waals surface area contributed by atoms with Crippen LogP contribution in [0.25, 0.3) is 0 Å². The third-order valence-corrected chi connectivity index (χ3v) is 4.33. The summed E-state index contributed by atoms with van der Waals surface area (Å²) in [5.41, 5.74) is 3.12. The number of nitrogens with one attached hydrogen (secondary N) is 1. The normalized spacial score (nSPS) is 18.9. The average molecular weight is 273 g/mol. The minimum atomic E-state index is 0.674. The third kappa shape index (κ3) is 4.63. The molecular formula is C19H31N. The Morgan fingerprint density at radius 2 is 1.60 bits per heavy atom. The van der Waals surface area contributed by atoms with E-state index >= 15 is 0 Å². The molecule has 0 amide bonds. The van der Waals surface area contributed by atoms with Gasteiger partial charge in [0.15, 0.2) is 0 Å². The molecule has 1 unspecified atom stereocenters. The van der Waals surface area contributed by atoms with Crippen LogP contribution in [-0.2, 0) is 12.8 Å². The van der Waals surface area contributed by atoms with Crippen LogP contribution in [0.15, 0.2) is 24.3 Å². The smallest absolute Gasteiger partial charge is 0.0113 e. The maximum Gasteiger partial charge on any atom is 0.0113 e. The molecule has 112 valence electrons. The molecule has 1 aliphatic rings. The van der Waals surface area contributed by atoms with Crippen LogP contribution in [0, 0.1) is 11.8 Å². The van der Waals surface area contributed by atoms with Crippen LogP contribution in [0.1, 0.15) is 58.1 Å². The highest BCUT2D eigenvalue weighted by Crippen LogP contribution is 2.23. The number of hydrogen-bond donors (Lipinski definition) is 1. The standard InChI is InChI=1S/C19H31N/c1-14(2)11-19(12-15(3)4)20-18-10-9-16-7-5-6-8-17(16)13-18/h5-8,14-15,18-20H,9-13H2,1-4H3. The topological polar surface area (TPSA) is 12.0 Å². The van der Waals surface area contributed by atoms with E-state index in [2.05, 4.69) is 57.3 Å². The second-order valence-electron chi connectivity index (χ2n) is 7.33. The van der Waals surface area contributed by atoms with E-state index in [4.69, 9.17) is 0 Å². The molecule has 1 aliphatic carbocycles. The molecule has 0 saturated carbocycles. The molecule has 1 nitrogen and oxygen atoms in total. The number of fused-ring (bicyclic) bond motifs is 1. The zero-order chi connectivity index (χ0) is 14.5. The summed E-state index contributed by atoms with van der Waals surface area (Å²) >= 11 is 0. The van der Waals surface area contributed by atoms with Crippen LogP contribution >= 0.6 is 0 Å². The molecule has 1 aromatic carbocycles. The van der Waals surface area contributed by atoms with Crippen molar-refractivity contribution in [1.29, 1.82) is 0 Å². The lowest BCUT2D eigenvalue weighted by Gasteiger charge is -2.31. The van der Waals surface area contributed by atoms with Gasteiger partial charge in [0.1, 0.15) is 0 Å². The number of rotatable bonds is 6. The van der Waals surface area contributed by atoms with E-state index in [1.807, 2.05) is 0 Å². The summed E-state index contributed by atoms with van der Waals surface area (Å²) in [6.45, 7) is 9.35. The third-order valence-electron chi connectivity index (χ3n) is 4.33. The SMILES string of the molecule is CC(C)CC(CC(C)C)NC1CCc2ccccc2C1. The van der Waals surface area contributed by atoms with Gasteiger partial charge in [0.2, 0.25) is 0 Å². The van der Waals surface area contributed by atoms with Crippen molar-refractivity contribution in [2.24, 2.45) is 11.8 Å². The van der Waals surface area contributed by atoms with E-state index in [1.165, 1.54) is 32.1 Å². The van der Waals surface area contributed by atoms with Crippen LogP contribution in [0.5, 0.6) is 0 Å². The quantitative estimate of drug-likeness (QED) is 0.799. The lowest BCUT2D eigenvalue weighted by molar-refractivity contribution is 0.311. The summed E-state index contributed by atoms with van der Waals surface area (Å²) in [7, 11) is 0. The first-order chi connectivity index (χ1) is 9.54. The lowest BCUT2D eigenvalue weighted by Crippen LogP contribution is -2.42. The van der Waals surface area contributed by atoms with Crippen molar-refractivity contribution < 1.29 is 0 Å². The highest BCUT2D eigenvalue weighted by atomic mass is 14.9. The van der Waals surface area contributed by atoms with Gasteiger partial charge in [-0.15, -0.1) is 0 Å². The Labute approximate surface area is 125 Å². The van der Waals surface area contributed by atoms with Gasteiger partial charge in [-0.2, -0.15) is 0 Å². The number of aryl methyl sites for hydroxylation is 1. The van der Waals surface area contributed by atoms with Gasteiger partial charge in [0, 0.05) is 12.1 Å². The van der Waals surface area contributed by atoms with Crippen molar-refractivity contribution in [3.8, 4) is 0 Å². The van der Waals surface area contributed by atoms with Crippen molar-refractivity contribution in [2.45, 2.75) is 71.9 Å². The molecule has 0 heterocycles. The van der Waals surface area contributed by atoms with Crippen molar-refractivity contribution in [2.75, 3.05) is 0 Å². The molecule has 2 rings (SSSR count). The molecular weight excluding hydrogens is 242 g/mol. The Bertz CT molecular complexity index is 398. The average Bonchev–Trinajstić information content (AvgIpc) is 2.37. The Morgan fingerprint density at radius 3 is 2.20 bits per heavy atom. The summed E-state index contributed by atoms with van der Waals surface area (Å²) in [5, 5.41) is 3.96. The molecule has 0 fully saturated rings. The second-order valence-corrected chi connectivity index (χ2v) is 7.33. The summed E-state index contributed by atoms with van der Waals surface area (Å²) in [4.78, 5) is 0. The predicted octanol–water partition coefficient (Wildman–Crippen LogP) is 4.59. The van der Waals surface area contributed by atoms with Crippen molar-refractivity contribution in [3.63, 3.8) is 0 Å². The molecule has 1 heteroatoms. The summed E-state index contributed by atoms with van der Waals surface area (Å²) in [5.74, 6) is 1.56. The Kier molecular flexibility index (Phi) is 5.65. The van der Waals surface area contributed by atoms with Crippen LogP contribution in [0.2, 0.25) is 0 Å². The monoisotopic (exact) mass is 273 g/mol. The Morgan fingerprint density at radius 1 is 1.00 bits per heavy atom. The lowest BCUT2D eigenvalue weighted by atomic mass is 9.87. The van der Waals surface area contributed by atoms with Gasteiger partial charge < -0.3 is 5.32 Å². The second kappa shape index (κ2) is 7.26. The van der Waals surface area contributed by atoms with Gasteiger partial charge in [-0.1, -0.05) is 52.0 Å². The summed E-state index contributed by atoms with van der Waals surface area (Å²) in [6.07, 6.45) is 6.35. The molecule has 0 spiro atoms. The summed E-state index contributed by atoms with van der Waals surface area (Å²) in [6, 6.07) is 10.3. The van der Waals surface area contributed by atoms with Gasteiger partial charge in [0.05, 0.1) is 0 Å². The predicted molar refractivity (Wildman–Crippen MR) is 88.1 cm³/mol. The van der Waals surface area contributed by atoms with Gasteiger partial charge in [0.25, 0.3) is 0 Å². The molecule has 1 aromatic rings. The van der Waals surface area contributed by atoms with Crippen LogP contribution in [0.3, 0.4) is 0 Å². The zero-order valence-corrected chi connectivity index (χ0v) is 13.7. The largest absolute Gasteiger partial charge is 0.311 e. The Hall–Kier alpha value is -0.820. The molecule has 0 aromatic heterocycles. The van der Waals surface area contributed by atoms with Gasteiger partial charge in [-0.3, -0.25) is 0 Å². The minimum Gasteiger partial charge on any atom is -0.311 e. The fraction of sp³-hybridized carbons (Fsp3) is 0.684. The molecule has 20 heavy (non-hydrogen) atoms. The van der Waals surface area contributed by atoms with E-state index in [0.29, 0.717) is 12.1 Å². The van der Waals surface area contributed by atoms with E-state index in [0.717, 1.165) is 11.8 Å². The van der Waals surface area contributed by atoms with E-state index in [9.17, 15) is 0 Å². The van der Waals surface area contributed by atoms with Crippen molar-refractivity contribution in [3.05, 3.63) is 35.4 Å².